The minimum atomic E-state index is -0.393. The summed E-state index contributed by atoms with van der Waals surface area (Å²) in [5.74, 6) is -0.393. The van der Waals surface area contributed by atoms with E-state index < -0.39 is 5.79 Å². The van der Waals surface area contributed by atoms with Crippen molar-refractivity contribution in [1.82, 2.24) is 9.80 Å². The molecular formula is C17H26N2O3. The highest BCUT2D eigenvalue weighted by Gasteiger charge is 2.43. The molecule has 1 N–H and O–H groups in total. The van der Waals surface area contributed by atoms with Gasteiger partial charge in [0.25, 0.3) is 0 Å². The zero-order valence-electron chi connectivity index (χ0n) is 13.3. The molecule has 0 saturated carbocycles. The number of ether oxygens (including phenoxy) is 2. The number of β-amino-alcohol motifs (C(OH)–C–C–N with tert-alkyl or cyclic N) is 1. The van der Waals surface area contributed by atoms with Crippen LogP contribution in [0.2, 0.25) is 0 Å². The molecule has 0 radical (unpaired) electrons. The summed E-state index contributed by atoms with van der Waals surface area (Å²) in [6, 6.07) is 10.3. The standard InChI is InChI=1S/C17H26N2O3/c1-18(11-15-5-3-2-4-6-15)12-16(20)13-19-8-7-17(14-19)21-9-10-22-17/h2-6,16,20H,7-14H2,1H3. The molecule has 0 bridgehead atoms. The summed E-state index contributed by atoms with van der Waals surface area (Å²) in [4.78, 5) is 4.40. The van der Waals surface area contributed by atoms with Crippen molar-refractivity contribution in [1.29, 1.82) is 0 Å². The number of nitrogens with zero attached hydrogens (tertiary/aromatic N) is 2. The molecule has 0 aliphatic carbocycles. The lowest BCUT2D eigenvalue weighted by molar-refractivity contribution is -0.146. The van der Waals surface area contributed by atoms with Gasteiger partial charge in [-0.25, -0.2) is 0 Å². The third-order valence-corrected chi connectivity index (χ3v) is 4.37. The quantitative estimate of drug-likeness (QED) is 0.847. The van der Waals surface area contributed by atoms with E-state index in [1.807, 2.05) is 25.2 Å². The van der Waals surface area contributed by atoms with E-state index in [4.69, 9.17) is 9.47 Å². The maximum atomic E-state index is 10.3. The number of aliphatic hydroxyl groups excluding tert-OH is 1. The van der Waals surface area contributed by atoms with Gasteiger partial charge in [-0.3, -0.25) is 9.80 Å². The number of likely N-dealkylation sites (tertiary alicyclic amines) is 1. The summed E-state index contributed by atoms with van der Waals surface area (Å²) in [5.41, 5.74) is 1.27. The van der Waals surface area contributed by atoms with E-state index in [1.54, 1.807) is 0 Å². The van der Waals surface area contributed by atoms with Crippen LogP contribution < -0.4 is 0 Å². The lowest BCUT2D eigenvalue weighted by Gasteiger charge is -2.26. The third kappa shape index (κ3) is 4.06. The van der Waals surface area contributed by atoms with Crippen LogP contribution in [-0.4, -0.2) is 73.2 Å². The van der Waals surface area contributed by atoms with E-state index in [0.29, 0.717) is 26.3 Å². The number of likely N-dealkylation sites (N-methyl/N-ethyl adjacent to an activating group) is 1. The lowest BCUT2D eigenvalue weighted by Crippen LogP contribution is -2.40. The first-order chi connectivity index (χ1) is 10.7. The van der Waals surface area contributed by atoms with Crippen molar-refractivity contribution in [2.75, 3.05) is 46.4 Å². The van der Waals surface area contributed by atoms with Crippen LogP contribution in [0.3, 0.4) is 0 Å². The van der Waals surface area contributed by atoms with Crippen LogP contribution in [0.15, 0.2) is 30.3 Å². The Labute approximate surface area is 132 Å². The Morgan fingerprint density at radius 2 is 2.00 bits per heavy atom. The molecule has 122 valence electrons. The average Bonchev–Trinajstić information content (AvgIpc) is 3.10. The van der Waals surface area contributed by atoms with Crippen LogP contribution in [0.5, 0.6) is 0 Å². The highest BCUT2D eigenvalue weighted by atomic mass is 16.7. The van der Waals surface area contributed by atoms with Crippen molar-refractivity contribution in [3.05, 3.63) is 35.9 Å². The van der Waals surface area contributed by atoms with Crippen LogP contribution in [0.4, 0.5) is 0 Å². The van der Waals surface area contributed by atoms with Crippen molar-refractivity contribution in [2.45, 2.75) is 24.9 Å². The third-order valence-electron chi connectivity index (χ3n) is 4.37. The summed E-state index contributed by atoms with van der Waals surface area (Å²) in [5, 5.41) is 10.3. The van der Waals surface area contributed by atoms with Crippen LogP contribution in [0, 0.1) is 0 Å². The Hall–Kier alpha value is -0.980. The van der Waals surface area contributed by atoms with E-state index in [9.17, 15) is 5.11 Å². The van der Waals surface area contributed by atoms with E-state index in [1.165, 1.54) is 5.56 Å². The van der Waals surface area contributed by atoms with Gasteiger partial charge in [-0.05, 0) is 12.6 Å². The number of hydrogen-bond donors (Lipinski definition) is 1. The molecule has 2 aliphatic rings. The van der Waals surface area contributed by atoms with Gasteiger partial charge in [-0.15, -0.1) is 0 Å². The molecular weight excluding hydrogens is 280 g/mol. The first-order valence-electron chi connectivity index (χ1n) is 8.06. The highest BCUT2D eigenvalue weighted by Crippen LogP contribution is 2.30. The summed E-state index contributed by atoms with van der Waals surface area (Å²) in [7, 11) is 2.05. The second-order valence-corrected chi connectivity index (χ2v) is 6.43. The van der Waals surface area contributed by atoms with E-state index in [0.717, 1.165) is 26.1 Å². The van der Waals surface area contributed by atoms with Gasteiger partial charge < -0.3 is 14.6 Å². The molecule has 5 nitrogen and oxygen atoms in total. The van der Waals surface area contributed by atoms with Crippen molar-refractivity contribution in [2.24, 2.45) is 0 Å². The molecule has 1 atom stereocenters. The lowest BCUT2D eigenvalue weighted by atomic mass is 10.2. The van der Waals surface area contributed by atoms with Gasteiger partial charge in [0.05, 0.1) is 25.9 Å². The second kappa shape index (κ2) is 7.06. The van der Waals surface area contributed by atoms with E-state index in [2.05, 4.69) is 21.9 Å². The molecule has 3 rings (SSSR count). The molecule has 1 spiro atoms. The molecule has 0 amide bonds. The van der Waals surface area contributed by atoms with Crippen molar-refractivity contribution in [3.8, 4) is 0 Å². The molecule has 1 unspecified atom stereocenters. The summed E-state index contributed by atoms with van der Waals surface area (Å²) < 4.78 is 11.4. The number of aliphatic hydroxyl groups is 1. The Morgan fingerprint density at radius 3 is 2.73 bits per heavy atom. The fourth-order valence-electron chi connectivity index (χ4n) is 3.39. The predicted molar refractivity (Wildman–Crippen MR) is 84.5 cm³/mol. The first kappa shape index (κ1) is 15.9. The molecule has 2 aliphatic heterocycles. The zero-order chi connectivity index (χ0) is 15.4. The normalized spacial score (nSPS) is 22.7. The Kier molecular flexibility index (Phi) is 5.10. The molecule has 0 aromatic heterocycles. The molecule has 1 aromatic rings. The summed E-state index contributed by atoms with van der Waals surface area (Å²) in [6.45, 7) is 5.28. The number of benzene rings is 1. The highest BCUT2D eigenvalue weighted by molar-refractivity contribution is 5.14. The topological polar surface area (TPSA) is 45.2 Å². The molecule has 1 aromatic carbocycles. The van der Waals surface area contributed by atoms with Gasteiger partial charge in [-0.2, -0.15) is 0 Å². The van der Waals surface area contributed by atoms with Crippen LogP contribution >= 0.6 is 0 Å². The Bertz CT molecular complexity index is 462. The maximum Gasteiger partial charge on any atom is 0.182 e. The molecule has 5 heteroatoms. The van der Waals surface area contributed by atoms with Gasteiger partial charge in [0.15, 0.2) is 5.79 Å². The van der Waals surface area contributed by atoms with Crippen molar-refractivity contribution >= 4 is 0 Å². The molecule has 2 fully saturated rings. The SMILES string of the molecule is CN(Cc1ccccc1)CC(O)CN1CCC2(C1)OCCO2. The second-order valence-electron chi connectivity index (χ2n) is 6.43. The predicted octanol–water partition coefficient (Wildman–Crippen LogP) is 0.928. The molecule has 2 saturated heterocycles. The monoisotopic (exact) mass is 306 g/mol. The number of hydrogen-bond acceptors (Lipinski definition) is 5. The number of rotatable bonds is 6. The van der Waals surface area contributed by atoms with E-state index in [-0.39, 0.29) is 6.10 Å². The smallest absolute Gasteiger partial charge is 0.182 e. The van der Waals surface area contributed by atoms with Gasteiger partial charge >= 0.3 is 0 Å². The van der Waals surface area contributed by atoms with Crippen molar-refractivity contribution < 1.29 is 14.6 Å². The fourth-order valence-corrected chi connectivity index (χ4v) is 3.39. The summed E-state index contributed by atoms with van der Waals surface area (Å²) >= 11 is 0. The summed E-state index contributed by atoms with van der Waals surface area (Å²) in [6.07, 6.45) is 0.546. The van der Waals surface area contributed by atoms with Crippen LogP contribution in [0.25, 0.3) is 0 Å². The van der Waals surface area contributed by atoms with Gasteiger partial charge in [0, 0.05) is 32.6 Å². The zero-order valence-corrected chi connectivity index (χ0v) is 13.3. The van der Waals surface area contributed by atoms with Gasteiger partial charge in [-0.1, -0.05) is 30.3 Å². The minimum absolute atomic E-state index is 0.356. The largest absolute Gasteiger partial charge is 0.390 e. The minimum Gasteiger partial charge on any atom is -0.390 e. The van der Waals surface area contributed by atoms with Crippen molar-refractivity contribution in [3.63, 3.8) is 0 Å². The van der Waals surface area contributed by atoms with E-state index >= 15 is 0 Å². The Balaban J connectivity index is 1.41. The Morgan fingerprint density at radius 1 is 1.27 bits per heavy atom. The van der Waals surface area contributed by atoms with Gasteiger partial charge in [0.2, 0.25) is 0 Å². The molecule has 2 heterocycles. The molecule has 22 heavy (non-hydrogen) atoms. The van der Waals surface area contributed by atoms with Crippen LogP contribution in [0.1, 0.15) is 12.0 Å². The van der Waals surface area contributed by atoms with Gasteiger partial charge in [0.1, 0.15) is 0 Å². The first-order valence-corrected chi connectivity index (χ1v) is 8.06. The maximum absolute atomic E-state index is 10.3. The van der Waals surface area contributed by atoms with Crippen LogP contribution in [-0.2, 0) is 16.0 Å². The fraction of sp³-hybridized carbons (Fsp3) is 0.647. The average molecular weight is 306 g/mol.